The highest BCUT2D eigenvalue weighted by Crippen LogP contribution is 2.19. The SMILES string of the molecule is C[C@@H](NC(=O)c1ccccc1NC(=O)c1ccc(CN2CCCCC2)cc1)c1ccccc1. The first-order valence-corrected chi connectivity index (χ1v) is 11.7. The third-order valence-electron chi connectivity index (χ3n) is 6.14. The lowest BCUT2D eigenvalue weighted by molar-refractivity contribution is 0.0941. The Morgan fingerprint density at radius 3 is 2.21 bits per heavy atom. The van der Waals surface area contributed by atoms with E-state index in [1.54, 1.807) is 18.2 Å². The minimum Gasteiger partial charge on any atom is -0.345 e. The second kappa shape index (κ2) is 10.9. The van der Waals surface area contributed by atoms with Gasteiger partial charge in [0.05, 0.1) is 17.3 Å². The van der Waals surface area contributed by atoms with Crippen LogP contribution in [0.25, 0.3) is 0 Å². The van der Waals surface area contributed by atoms with Crippen LogP contribution >= 0.6 is 0 Å². The Labute approximate surface area is 195 Å². The van der Waals surface area contributed by atoms with Gasteiger partial charge in [-0.3, -0.25) is 14.5 Å². The van der Waals surface area contributed by atoms with Gasteiger partial charge in [-0.15, -0.1) is 0 Å². The van der Waals surface area contributed by atoms with Crippen molar-refractivity contribution >= 4 is 17.5 Å². The molecule has 3 aromatic carbocycles. The van der Waals surface area contributed by atoms with E-state index in [4.69, 9.17) is 0 Å². The predicted octanol–water partition coefficient (Wildman–Crippen LogP) is 5.42. The third-order valence-corrected chi connectivity index (χ3v) is 6.14. The standard InChI is InChI=1S/C28H31N3O2/c1-21(23-10-4-2-5-11-23)29-28(33)25-12-6-7-13-26(25)30-27(32)24-16-14-22(15-17-24)20-31-18-8-3-9-19-31/h2,4-7,10-17,21H,3,8-9,18-20H2,1H3,(H,29,33)(H,30,32)/t21-/m1/s1. The van der Waals surface area contributed by atoms with Crippen molar-refractivity contribution < 1.29 is 9.59 Å². The van der Waals surface area contributed by atoms with Gasteiger partial charge in [0.1, 0.15) is 0 Å². The van der Waals surface area contributed by atoms with Gasteiger partial charge in [-0.1, -0.05) is 61.0 Å². The fourth-order valence-electron chi connectivity index (χ4n) is 4.22. The van der Waals surface area contributed by atoms with E-state index >= 15 is 0 Å². The molecule has 1 atom stereocenters. The van der Waals surface area contributed by atoms with E-state index in [1.165, 1.54) is 24.8 Å². The Bertz CT molecular complexity index is 1070. The van der Waals surface area contributed by atoms with E-state index in [0.29, 0.717) is 16.8 Å². The molecule has 0 aliphatic carbocycles. The number of carbonyl (C=O) groups excluding carboxylic acids is 2. The molecule has 1 aliphatic rings. The van der Waals surface area contributed by atoms with Crippen LogP contribution in [0, 0.1) is 0 Å². The second-order valence-corrected chi connectivity index (χ2v) is 8.64. The number of amides is 2. The number of likely N-dealkylation sites (tertiary alicyclic amines) is 1. The van der Waals surface area contributed by atoms with Gasteiger partial charge in [-0.05, 0) is 68.2 Å². The van der Waals surface area contributed by atoms with Crippen molar-refractivity contribution in [1.82, 2.24) is 10.2 Å². The zero-order chi connectivity index (χ0) is 23.0. The van der Waals surface area contributed by atoms with Crippen molar-refractivity contribution in [2.75, 3.05) is 18.4 Å². The van der Waals surface area contributed by atoms with Crippen molar-refractivity contribution in [3.05, 3.63) is 101 Å². The number of nitrogens with zero attached hydrogens (tertiary/aromatic N) is 1. The molecule has 170 valence electrons. The first-order valence-electron chi connectivity index (χ1n) is 11.7. The number of hydrogen-bond acceptors (Lipinski definition) is 3. The Kier molecular flexibility index (Phi) is 7.53. The van der Waals surface area contributed by atoms with Crippen LogP contribution in [0.4, 0.5) is 5.69 Å². The lowest BCUT2D eigenvalue weighted by Gasteiger charge is -2.26. The van der Waals surface area contributed by atoms with Crippen LogP contribution in [0.2, 0.25) is 0 Å². The molecule has 0 aromatic heterocycles. The molecule has 1 aliphatic heterocycles. The first kappa shape index (κ1) is 22.7. The summed E-state index contributed by atoms with van der Waals surface area (Å²) < 4.78 is 0. The van der Waals surface area contributed by atoms with E-state index in [1.807, 2.05) is 67.6 Å². The molecule has 0 radical (unpaired) electrons. The van der Waals surface area contributed by atoms with Crippen LogP contribution in [0.15, 0.2) is 78.9 Å². The molecule has 1 fully saturated rings. The third kappa shape index (κ3) is 6.08. The Hall–Kier alpha value is -3.44. The minimum absolute atomic E-state index is 0.144. The fraction of sp³-hybridized carbons (Fsp3) is 0.286. The lowest BCUT2D eigenvalue weighted by atomic mass is 10.1. The molecule has 1 heterocycles. The van der Waals surface area contributed by atoms with Gasteiger partial charge in [0.15, 0.2) is 0 Å². The van der Waals surface area contributed by atoms with Crippen molar-refractivity contribution in [2.24, 2.45) is 0 Å². The lowest BCUT2D eigenvalue weighted by Crippen LogP contribution is -2.29. The summed E-state index contributed by atoms with van der Waals surface area (Å²) in [5.74, 6) is -0.449. The summed E-state index contributed by atoms with van der Waals surface area (Å²) in [6.45, 7) is 5.15. The summed E-state index contributed by atoms with van der Waals surface area (Å²) >= 11 is 0. The molecular formula is C28H31N3O2. The van der Waals surface area contributed by atoms with E-state index in [2.05, 4.69) is 15.5 Å². The highest BCUT2D eigenvalue weighted by Gasteiger charge is 2.17. The van der Waals surface area contributed by atoms with Crippen molar-refractivity contribution in [2.45, 2.75) is 38.8 Å². The predicted molar refractivity (Wildman–Crippen MR) is 132 cm³/mol. The summed E-state index contributed by atoms with van der Waals surface area (Å²) in [7, 11) is 0. The number of piperidine rings is 1. The largest absolute Gasteiger partial charge is 0.345 e. The number of benzene rings is 3. The molecule has 5 heteroatoms. The maximum absolute atomic E-state index is 12.9. The summed E-state index contributed by atoms with van der Waals surface area (Å²) in [5, 5.41) is 5.93. The quantitative estimate of drug-likeness (QED) is 0.515. The molecule has 0 bridgehead atoms. The number of rotatable bonds is 7. The maximum atomic E-state index is 12.9. The summed E-state index contributed by atoms with van der Waals surface area (Å²) in [5.41, 5.74) is 3.75. The Morgan fingerprint density at radius 2 is 1.48 bits per heavy atom. The number of hydrogen-bond donors (Lipinski definition) is 2. The molecule has 4 rings (SSSR count). The second-order valence-electron chi connectivity index (χ2n) is 8.64. The smallest absolute Gasteiger partial charge is 0.255 e. The zero-order valence-electron chi connectivity index (χ0n) is 19.1. The van der Waals surface area contributed by atoms with E-state index in [0.717, 1.165) is 25.2 Å². The van der Waals surface area contributed by atoms with Crippen LogP contribution in [0.1, 0.15) is 64.1 Å². The van der Waals surface area contributed by atoms with E-state index in [9.17, 15) is 9.59 Å². The highest BCUT2D eigenvalue weighted by atomic mass is 16.2. The van der Waals surface area contributed by atoms with Crippen LogP contribution < -0.4 is 10.6 Å². The molecule has 0 saturated carbocycles. The summed E-state index contributed by atoms with van der Waals surface area (Å²) in [6, 6.07) is 24.5. The van der Waals surface area contributed by atoms with Gasteiger partial charge in [0, 0.05) is 12.1 Å². The average Bonchev–Trinajstić information content (AvgIpc) is 2.86. The van der Waals surface area contributed by atoms with Crippen LogP contribution in [0.3, 0.4) is 0 Å². The minimum atomic E-state index is -0.226. The van der Waals surface area contributed by atoms with Gasteiger partial charge < -0.3 is 10.6 Å². The van der Waals surface area contributed by atoms with Crippen molar-refractivity contribution in [1.29, 1.82) is 0 Å². The Morgan fingerprint density at radius 1 is 0.818 bits per heavy atom. The Balaban J connectivity index is 1.40. The molecule has 0 spiro atoms. The normalized spacial score (nSPS) is 14.9. The molecule has 2 amide bonds. The van der Waals surface area contributed by atoms with Gasteiger partial charge in [0.25, 0.3) is 11.8 Å². The molecule has 0 unspecified atom stereocenters. The molecule has 5 nitrogen and oxygen atoms in total. The highest BCUT2D eigenvalue weighted by molar-refractivity contribution is 6.09. The van der Waals surface area contributed by atoms with Gasteiger partial charge in [-0.2, -0.15) is 0 Å². The topological polar surface area (TPSA) is 61.4 Å². The zero-order valence-corrected chi connectivity index (χ0v) is 19.1. The van der Waals surface area contributed by atoms with E-state index in [-0.39, 0.29) is 17.9 Å². The molecule has 33 heavy (non-hydrogen) atoms. The van der Waals surface area contributed by atoms with Gasteiger partial charge >= 0.3 is 0 Å². The first-order chi connectivity index (χ1) is 16.1. The molecule has 3 aromatic rings. The summed E-state index contributed by atoms with van der Waals surface area (Å²) in [6.07, 6.45) is 3.84. The summed E-state index contributed by atoms with van der Waals surface area (Å²) in [4.78, 5) is 28.3. The number of anilines is 1. The number of para-hydroxylation sites is 1. The van der Waals surface area contributed by atoms with Crippen LogP contribution in [-0.2, 0) is 6.54 Å². The van der Waals surface area contributed by atoms with Crippen LogP contribution in [0.5, 0.6) is 0 Å². The van der Waals surface area contributed by atoms with E-state index < -0.39 is 0 Å². The molecular weight excluding hydrogens is 410 g/mol. The maximum Gasteiger partial charge on any atom is 0.255 e. The van der Waals surface area contributed by atoms with Crippen molar-refractivity contribution in [3.63, 3.8) is 0 Å². The fourth-order valence-corrected chi connectivity index (χ4v) is 4.22. The van der Waals surface area contributed by atoms with Gasteiger partial charge in [0.2, 0.25) is 0 Å². The number of nitrogens with one attached hydrogen (secondary N) is 2. The number of carbonyl (C=O) groups is 2. The van der Waals surface area contributed by atoms with Crippen molar-refractivity contribution in [3.8, 4) is 0 Å². The van der Waals surface area contributed by atoms with Gasteiger partial charge in [-0.25, -0.2) is 0 Å². The monoisotopic (exact) mass is 441 g/mol. The molecule has 2 N–H and O–H groups in total. The average molecular weight is 442 g/mol. The molecule has 1 saturated heterocycles. The van der Waals surface area contributed by atoms with Crippen LogP contribution in [-0.4, -0.2) is 29.8 Å².